The van der Waals surface area contributed by atoms with Gasteiger partial charge in [-0.1, -0.05) is 17.8 Å². The number of nitrogens with one attached hydrogen (secondary N) is 1. The smallest absolute Gasteiger partial charge is 0.229 e. The summed E-state index contributed by atoms with van der Waals surface area (Å²) in [4.78, 5) is 44.6. The second-order valence-electron chi connectivity index (χ2n) is 7.82. The number of Topliss-reactive ketones (excluding diaryl/α,β-unsaturated/α-hetero) is 1. The molecule has 1 aromatic rings. The number of ketones is 1. The number of amides is 2. The van der Waals surface area contributed by atoms with E-state index in [2.05, 4.69) is 17.2 Å². The molecule has 3 aliphatic rings. The lowest BCUT2D eigenvalue weighted by Crippen LogP contribution is -2.46. The van der Waals surface area contributed by atoms with Gasteiger partial charge >= 0.3 is 0 Å². The SMILES string of the molecule is C[C@@H]1CCCCN1C(=O)[C@H]1CC(=O)c2sc(NC(=O)C3CCC3)nc2C1. The number of fused-ring (bicyclic) bond motifs is 1. The Balaban J connectivity index is 1.46. The van der Waals surface area contributed by atoms with Crippen molar-refractivity contribution in [1.29, 1.82) is 0 Å². The summed E-state index contributed by atoms with van der Waals surface area (Å²) in [5, 5.41) is 3.36. The molecule has 2 amide bonds. The minimum absolute atomic E-state index is 0.00423. The molecule has 7 heteroatoms. The van der Waals surface area contributed by atoms with Crippen molar-refractivity contribution in [1.82, 2.24) is 9.88 Å². The molecule has 140 valence electrons. The molecule has 0 aromatic carbocycles. The van der Waals surface area contributed by atoms with Crippen LogP contribution in [-0.2, 0) is 16.0 Å². The molecule has 0 spiro atoms. The van der Waals surface area contributed by atoms with E-state index in [1.807, 2.05) is 4.90 Å². The summed E-state index contributed by atoms with van der Waals surface area (Å²) in [6, 6.07) is 0.250. The summed E-state index contributed by atoms with van der Waals surface area (Å²) < 4.78 is 0. The number of hydrogen-bond donors (Lipinski definition) is 1. The number of likely N-dealkylation sites (tertiary alicyclic amines) is 1. The first kappa shape index (κ1) is 17.6. The van der Waals surface area contributed by atoms with Crippen molar-refractivity contribution in [2.45, 2.75) is 64.3 Å². The fourth-order valence-electron chi connectivity index (χ4n) is 4.10. The van der Waals surface area contributed by atoms with Crippen LogP contribution in [0.3, 0.4) is 0 Å². The van der Waals surface area contributed by atoms with E-state index >= 15 is 0 Å². The number of nitrogens with zero attached hydrogens (tertiary/aromatic N) is 2. The molecule has 26 heavy (non-hydrogen) atoms. The summed E-state index contributed by atoms with van der Waals surface area (Å²) in [6.45, 7) is 2.88. The van der Waals surface area contributed by atoms with Gasteiger partial charge in [0.15, 0.2) is 10.9 Å². The Kier molecular flexibility index (Phi) is 4.82. The van der Waals surface area contributed by atoms with Crippen LogP contribution >= 0.6 is 11.3 Å². The topological polar surface area (TPSA) is 79.4 Å². The molecule has 1 saturated carbocycles. The highest BCUT2D eigenvalue weighted by atomic mass is 32.1. The van der Waals surface area contributed by atoms with Gasteiger partial charge in [-0.2, -0.15) is 0 Å². The number of thiazole rings is 1. The summed E-state index contributed by atoms with van der Waals surface area (Å²) >= 11 is 1.26. The Hall–Kier alpha value is -1.76. The third-order valence-electron chi connectivity index (χ3n) is 5.96. The standard InChI is InChI=1S/C19H25N3O3S/c1-11-5-2-3-8-22(11)18(25)13-9-14-16(15(23)10-13)26-19(20-14)21-17(24)12-6-4-7-12/h11-13H,2-10H2,1H3,(H,20,21,24)/t11-,13-/m1/s1. The van der Waals surface area contributed by atoms with Crippen LogP contribution < -0.4 is 5.32 Å². The Labute approximate surface area is 157 Å². The molecule has 1 N–H and O–H groups in total. The van der Waals surface area contributed by atoms with Crippen molar-refractivity contribution in [2.24, 2.45) is 11.8 Å². The van der Waals surface area contributed by atoms with Gasteiger partial charge < -0.3 is 10.2 Å². The molecular weight excluding hydrogens is 350 g/mol. The number of anilines is 1. The van der Waals surface area contributed by atoms with E-state index < -0.39 is 0 Å². The molecule has 0 unspecified atom stereocenters. The van der Waals surface area contributed by atoms with Crippen LogP contribution in [0.5, 0.6) is 0 Å². The van der Waals surface area contributed by atoms with Crippen LogP contribution in [0.4, 0.5) is 5.13 Å². The second-order valence-corrected chi connectivity index (χ2v) is 8.82. The van der Waals surface area contributed by atoms with E-state index in [-0.39, 0.29) is 41.9 Å². The number of aromatic nitrogens is 1. The fourth-order valence-corrected chi connectivity index (χ4v) is 5.04. The lowest BCUT2D eigenvalue weighted by atomic mass is 9.85. The molecular formula is C19H25N3O3S. The summed E-state index contributed by atoms with van der Waals surface area (Å²) in [6.07, 6.45) is 6.95. The quantitative estimate of drug-likeness (QED) is 0.881. The summed E-state index contributed by atoms with van der Waals surface area (Å²) in [5.74, 6) is -0.154. The van der Waals surface area contributed by atoms with Gasteiger partial charge in [-0.25, -0.2) is 4.98 Å². The van der Waals surface area contributed by atoms with Gasteiger partial charge in [0.25, 0.3) is 0 Å². The van der Waals surface area contributed by atoms with Crippen LogP contribution in [0.1, 0.15) is 67.2 Å². The molecule has 2 fully saturated rings. The highest BCUT2D eigenvalue weighted by Crippen LogP contribution is 2.35. The van der Waals surface area contributed by atoms with Gasteiger partial charge in [0, 0.05) is 31.3 Å². The van der Waals surface area contributed by atoms with Gasteiger partial charge in [-0.15, -0.1) is 0 Å². The zero-order chi connectivity index (χ0) is 18.3. The Bertz CT molecular complexity index is 740. The minimum Gasteiger partial charge on any atom is -0.340 e. The normalized spacial score (nSPS) is 26.2. The molecule has 0 radical (unpaired) electrons. The number of piperidine rings is 1. The monoisotopic (exact) mass is 375 g/mol. The van der Waals surface area contributed by atoms with E-state index in [0.717, 1.165) is 45.1 Å². The minimum atomic E-state index is -0.312. The van der Waals surface area contributed by atoms with E-state index in [4.69, 9.17) is 0 Å². The second kappa shape index (κ2) is 7.10. The van der Waals surface area contributed by atoms with Crippen LogP contribution in [0.25, 0.3) is 0 Å². The van der Waals surface area contributed by atoms with Crippen LogP contribution in [0.15, 0.2) is 0 Å². The third-order valence-corrected chi connectivity index (χ3v) is 7.02. The van der Waals surface area contributed by atoms with Gasteiger partial charge in [0.2, 0.25) is 11.8 Å². The van der Waals surface area contributed by atoms with Crippen molar-refractivity contribution >= 4 is 34.1 Å². The highest BCUT2D eigenvalue weighted by molar-refractivity contribution is 7.17. The molecule has 1 saturated heterocycles. The van der Waals surface area contributed by atoms with E-state index in [1.165, 1.54) is 11.3 Å². The fraction of sp³-hybridized carbons (Fsp3) is 0.684. The summed E-state index contributed by atoms with van der Waals surface area (Å²) in [7, 11) is 0. The molecule has 0 bridgehead atoms. The number of hydrogen-bond acceptors (Lipinski definition) is 5. The summed E-state index contributed by atoms with van der Waals surface area (Å²) in [5.41, 5.74) is 0.679. The zero-order valence-corrected chi connectivity index (χ0v) is 15.9. The van der Waals surface area contributed by atoms with Gasteiger partial charge in [-0.05, 0) is 39.0 Å². The number of carbonyl (C=O) groups is 3. The van der Waals surface area contributed by atoms with Crippen molar-refractivity contribution in [2.75, 3.05) is 11.9 Å². The molecule has 6 nitrogen and oxygen atoms in total. The maximum atomic E-state index is 12.9. The van der Waals surface area contributed by atoms with Crippen LogP contribution in [0.2, 0.25) is 0 Å². The predicted molar refractivity (Wildman–Crippen MR) is 99.3 cm³/mol. The molecule has 4 rings (SSSR count). The Morgan fingerprint density at radius 1 is 1.12 bits per heavy atom. The van der Waals surface area contributed by atoms with Crippen molar-refractivity contribution in [3.8, 4) is 0 Å². The molecule has 2 heterocycles. The lowest BCUT2D eigenvalue weighted by molar-refractivity contribution is -0.139. The zero-order valence-electron chi connectivity index (χ0n) is 15.1. The Morgan fingerprint density at radius 3 is 2.62 bits per heavy atom. The van der Waals surface area contributed by atoms with Gasteiger partial charge in [-0.3, -0.25) is 14.4 Å². The highest BCUT2D eigenvalue weighted by Gasteiger charge is 2.37. The molecule has 2 aliphatic carbocycles. The average molecular weight is 375 g/mol. The first-order valence-electron chi connectivity index (χ1n) is 9.67. The van der Waals surface area contributed by atoms with Gasteiger partial charge in [0.1, 0.15) is 0 Å². The van der Waals surface area contributed by atoms with Crippen molar-refractivity contribution in [3.05, 3.63) is 10.6 Å². The maximum absolute atomic E-state index is 12.9. The Morgan fingerprint density at radius 2 is 1.92 bits per heavy atom. The van der Waals surface area contributed by atoms with E-state index in [1.54, 1.807) is 0 Å². The predicted octanol–water partition coefficient (Wildman–Crippen LogP) is 3.03. The number of carbonyl (C=O) groups excluding carboxylic acids is 3. The molecule has 1 aliphatic heterocycles. The number of rotatable bonds is 3. The molecule has 2 atom stereocenters. The average Bonchev–Trinajstić information content (AvgIpc) is 2.96. The first-order chi connectivity index (χ1) is 12.5. The largest absolute Gasteiger partial charge is 0.340 e. The lowest BCUT2D eigenvalue weighted by Gasteiger charge is -2.36. The molecule has 1 aromatic heterocycles. The van der Waals surface area contributed by atoms with Crippen LogP contribution in [-0.4, -0.2) is 40.1 Å². The maximum Gasteiger partial charge on any atom is 0.229 e. The van der Waals surface area contributed by atoms with Crippen molar-refractivity contribution < 1.29 is 14.4 Å². The van der Waals surface area contributed by atoms with Crippen LogP contribution in [0, 0.1) is 11.8 Å². The van der Waals surface area contributed by atoms with Gasteiger partial charge in [0.05, 0.1) is 16.5 Å². The van der Waals surface area contributed by atoms with Crippen molar-refractivity contribution in [3.63, 3.8) is 0 Å². The third kappa shape index (κ3) is 3.29. The first-order valence-corrected chi connectivity index (χ1v) is 10.5. The van der Waals surface area contributed by atoms with E-state index in [0.29, 0.717) is 22.1 Å². The van der Waals surface area contributed by atoms with E-state index in [9.17, 15) is 14.4 Å².